The predicted molar refractivity (Wildman–Crippen MR) is 73.4 cm³/mol. The van der Waals surface area contributed by atoms with Crippen LogP contribution in [0.15, 0.2) is 0 Å². The molecule has 1 rings (SSSR count). The first-order chi connectivity index (χ1) is 8.13. The van der Waals surface area contributed by atoms with E-state index in [0.717, 1.165) is 31.7 Å². The van der Waals surface area contributed by atoms with E-state index in [1.165, 1.54) is 25.7 Å². The van der Waals surface area contributed by atoms with Crippen molar-refractivity contribution in [3.63, 3.8) is 0 Å². The first kappa shape index (κ1) is 14.9. The van der Waals surface area contributed by atoms with Gasteiger partial charge in [0.25, 0.3) is 0 Å². The van der Waals surface area contributed by atoms with Crippen LogP contribution in [0.4, 0.5) is 0 Å². The number of methoxy groups -OCH3 is 1. The zero-order valence-corrected chi connectivity index (χ0v) is 12.0. The number of hydrogen-bond acceptors (Lipinski definition) is 3. The van der Waals surface area contributed by atoms with Crippen LogP contribution in [0.1, 0.15) is 39.5 Å². The van der Waals surface area contributed by atoms with Crippen LogP contribution in [0.25, 0.3) is 0 Å². The highest BCUT2D eigenvalue weighted by Gasteiger charge is 2.21. The molecule has 1 atom stereocenters. The normalized spacial score (nSPS) is 27.4. The molecule has 0 spiro atoms. The van der Waals surface area contributed by atoms with Gasteiger partial charge in [-0.1, -0.05) is 6.92 Å². The second-order valence-electron chi connectivity index (χ2n) is 5.70. The fourth-order valence-corrected chi connectivity index (χ4v) is 2.66. The maximum Gasteiger partial charge on any atom is 0.0613 e. The van der Waals surface area contributed by atoms with Gasteiger partial charge in [-0.3, -0.25) is 0 Å². The Morgan fingerprint density at radius 2 is 1.94 bits per heavy atom. The van der Waals surface area contributed by atoms with E-state index in [2.05, 4.69) is 31.1 Å². The van der Waals surface area contributed by atoms with Gasteiger partial charge in [-0.15, -0.1) is 0 Å². The molecule has 17 heavy (non-hydrogen) atoms. The summed E-state index contributed by atoms with van der Waals surface area (Å²) in [6.45, 7) is 7.56. The van der Waals surface area contributed by atoms with E-state index in [9.17, 15) is 0 Å². The predicted octanol–water partition coefficient (Wildman–Crippen LogP) is 2.12. The number of nitrogens with zero attached hydrogens (tertiary/aromatic N) is 1. The molecule has 1 aliphatic rings. The van der Waals surface area contributed by atoms with E-state index in [1.807, 2.05) is 0 Å². The minimum Gasteiger partial charge on any atom is -0.383 e. The first-order valence-electron chi connectivity index (χ1n) is 7.06. The second-order valence-corrected chi connectivity index (χ2v) is 5.70. The SMILES string of the molecule is COCC(C)NCCN(C)C1CCC(C)CC1. The molecule has 1 saturated carbocycles. The number of rotatable bonds is 7. The summed E-state index contributed by atoms with van der Waals surface area (Å²) in [5, 5.41) is 3.50. The summed E-state index contributed by atoms with van der Waals surface area (Å²) in [5.41, 5.74) is 0. The Bertz CT molecular complexity index is 191. The molecule has 3 heteroatoms. The quantitative estimate of drug-likeness (QED) is 0.740. The molecule has 0 aromatic rings. The fourth-order valence-electron chi connectivity index (χ4n) is 2.66. The third-order valence-electron chi connectivity index (χ3n) is 3.98. The average molecular weight is 242 g/mol. The van der Waals surface area contributed by atoms with Crippen molar-refractivity contribution in [2.75, 3.05) is 33.9 Å². The zero-order valence-electron chi connectivity index (χ0n) is 12.0. The van der Waals surface area contributed by atoms with Crippen LogP contribution in [0.5, 0.6) is 0 Å². The molecule has 0 bridgehead atoms. The fraction of sp³-hybridized carbons (Fsp3) is 1.00. The number of hydrogen-bond donors (Lipinski definition) is 1. The Morgan fingerprint density at radius 3 is 2.53 bits per heavy atom. The van der Waals surface area contributed by atoms with E-state index in [1.54, 1.807) is 7.11 Å². The van der Waals surface area contributed by atoms with E-state index < -0.39 is 0 Å². The average Bonchev–Trinajstić information content (AvgIpc) is 2.30. The van der Waals surface area contributed by atoms with E-state index in [4.69, 9.17) is 4.74 Å². The van der Waals surface area contributed by atoms with Crippen molar-refractivity contribution >= 4 is 0 Å². The van der Waals surface area contributed by atoms with Gasteiger partial charge in [0, 0.05) is 32.3 Å². The lowest BCUT2D eigenvalue weighted by atomic mass is 9.87. The highest BCUT2D eigenvalue weighted by molar-refractivity contribution is 4.77. The minimum atomic E-state index is 0.458. The second kappa shape index (κ2) is 8.06. The topological polar surface area (TPSA) is 24.5 Å². The molecular formula is C14H30N2O. The molecule has 0 amide bonds. The molecule has 3 nitrogen and oxygen atoms in total. The monoisotopic (exact) mass is 242 g/mol. The van der Waals surface area contributed by atoms with Gasteiger partial charge in [0.2, 0.25) is 0 Å². The summed E-state index contributed by atoms with van der Waals surface area (Å²) < 4.78 is 5.11. The molecule has 102 valence electrons. The van der Waals surface area contributed by atoms with Crippen molar-refractivity contribution in [3.05, 3.63) is 0 Å². The first-order valence-corrected chi connectivity index (χ1v) is 7.06. The Kier molecular flexibility index (Phi) is 7.09. The van der Waals surface area contributed by atoms with Crippen LogP contribution in [0, 0.1) is 5.92 Å². The molecule has 0 saturated heterocycles. The maximum atomic E-state index is 5.11. The van der Waals surface area contributed by atoms with Crippen molar-refractivity contribution < 1.29 is 4.74 Å². The van der Waals surface area contributed by atoms with Crippen LogP contribution in [-0.4, -0.2) is 50.8 Å². The lowest BCUT2D eigenvalue weighted by Crippen LogP contribution is -2.41. The van der Waals surface area contributed by atoms with E-state index in [0.29, 0.717) is 6.04 Å². The highest BCUT2D eigenvalue weighted by atomic mass is 16.5. The van der Waals surface area contributed by atoms with Crippen LogP contribution in [0.2, 0.25) is 0 Å². The molecule has 1 fully saturated rings. The third-order valence-corrected chi connectivity index (χ3v) is 3.98. The van der Waals surface area contributed by atoms with Gasteiger partial charge in [-0.05, 0) is 45.6 Å². The lowest BCUT2D eigenvalue weighted by Gasteiger charge is -2.33. The molecule has 0 heterocycles. The van der Waals surface area contributed by atoms with Crippen molar-refractivity contribution in [2.45, 2.75) is 51.6 Å². The van der Waals surface area contributed by atoms with Gasteiger partial charge in [0.15, 0.2) is 0 Å². The maximum absolute atomic E-state index is 5.11. The van der Waals surface area contributed by atoms with Gasteiger partial charge in [-0.2, -0.15) is 0 Å². The van der Waals surface area contributed by atoms with Crippen LogP contribution >= 0.6 is 0 Å². The van der Waals surface area contributed by atoms with Crippen molar-refractivity contribution in [1.82, 2.24) is 10.2 Å². The van der Waals surface area contributed by atoms with Gasteiger partial charge >= 0.3 is 0 Å². The smallest absolute Gasteiger partial charge is 0.0613 e. The summed E-state index contributed by atoms with van der Waals surface area (Å²) in [6, 6.07) is 1.27. The van der Waals surface area contributed by atoms with Crippen LogP contribution in [-0.2, 0) is 4.74 Å². The van der Waals surface area contributed by atoms with Gasteiger partial charge in [-0.25, -0.2) is 0 Å². The molecular weight excluding hydrogens is 212 g/mol. The minimum absolute atomic E-state index is 0.458. The molecule has 0 aromatic carbocycles. The molecule has 1 N–H and O–H groups in total. The molecule has 1 aliphatic carbocycles. The Morgan fingerprint density at radius 1 is 1.29 bits per heavy atom. The number of ether oxygens (including phenoxy) is 1. The van der Waals surface area contributed by atoms with Crippen LogP contribution in [0.3, 0.4) is 0 Å². The van der Waals surface area contributed by atoms with Gasteiger partial charge < -0.3 is 15.0 Å². The zero-order chi connectivity index (χ0) is 12.7. The van der Waals surface area contributed by atoms with Crippen molar-refractivity contribution in [2.24, 2.45) is 5.92 Å². The largest absolute Gasteiger partial charge is 0.383 e. The highest BCUT2D eigenvalue weighted by Crippen LogP contribution is 2.26. The Balaban J connectivity index is 2.10. The summed E-state index contributed by atoms with van der Waals surface area (Å²) in [4.78, 5) is 2.53. The van der Waals surface area contributed by atoms with Crippen molar-refractivity contribution in [1.29, 1.82) is 0 Å². The number of nitrogens with one attached hydrogen (secondary N) is 1. The molecule has 1 unspecified atom stereocenters. The van der Waals surface area contributed by atoms with Crippen molar-refractivity contribution in [3.8, 4) is 0 Å². The third kappa shape index (κ3) is 5.84. The summed E-state index contributed by atoms with van der Waals surface area (Å²) in [7, 11) is 4.02. The van der Waals surface area contributed by atoms with Gasteiger partial charge in [0.05, 0.1) is 6.61 Å². The Hall–Kier alpha value is -0.120. The number of likely N-dealkylation sites (N-methyl/N-ethyl adjacent to an activating group) is 1. The summed E-state index contributed by atoms with van der Waals surface area (Å²) >= 11 is 0. The summed E-state index contributed by atoms with van der Waals surface area (Å²) in [5.74, 6) is 0.944. The van der Waals surface area contributed by atoms with E-state index in [-0.39, 0.29) is 0 Å². The molecule has 0 aromatic heterocycles. The Labute approximate surface area is 107 Å². The van der Waals surface area contributed by atoms with E-state index >= 15 is 0 Å². The van der Waals surface area contributed by atoms with Gasteiger partial charge in [0.1, 0.15) is 0 Å². The lowest BCUT2D eigenvalue weighted by molar-refractivity contribution is 0.155. The standard InChI is InChI=1S/C14H30N2O/c1-12-5-7-14(8-6-12)16(3)10-9-15-13(2)11-17-4/h12-15H,5-11H2,1-4H3. The molecule has 0 aliphatic heterocycles. The summed E-state index contributed by atoms with van der Waals surface area (Å²) in [6.07, 6.45) is 5.57. The molecule has 0 radical (unpaired) electrons. The van der Waals surface area contributed by atoms with Crippen LogP contribution < -0.4 is 5.32 Å².